The first-order valence-electron chi connectivity index (χ1n) is 9.52. The SMILES string of the molecule is COc1cccc(-n2nnc(C(=O)N(C)Cc3nc(C)c4ccccc4n3)c2C)c1. The number of aromatic nitrogens is 5. The molecule has 0 aliphatic carbocycles. The predicted octanol–water partition coefficient (Wildman–Crippen LogP) is 3.11. The van der Waals surface area contributed by atoms with Crippen molar-refractivity contribution in [3.8, 4) is 11.4 Å². The minimum Gasteiger partial charge on any atom is -0.497 e. The van der Waals surface area contributed by atoms with Crippen molar-refractivity contribution in [2.24, 2.45) is 0 Å². The van der Waals surface area contributed by atoms with E-state index < -0.39 is 0 Å². The molecule has 0 saturated heterocycles. The zero-order chi connectivity index (χ0) is 21.3. The molecule has 8 heteroatoms. The lowest BCUT2D eigenvalue weighted by molar-refractivity contribution is 0.0775. The maximum absolute atomic E-state index is 13.0. The summed E-state index contributed by atoms with van der Waals surface area (Å²) in [5.41, 5.74) is 3.46. The van der Waals surface area contributed by atoms with Crippen LogP contribution in [0.5, 0.6) is 5.75 Å². The Morgan fingerprint density at radius 3 is 2.70 bits per heavy atom. The van der Waals surface area contributed by atoms with E-state index in [1.807, 2.05) is 62.4 Å². The summed E-state index contributed by atoms with van der Waals surface area (Å²) in [6.07, 6.45) is 0. The Morgan fingerprint density at radius 2 is 1.90 bits per heavy atom. The minimum absolute atomic E-state index is 0.240. The number of rotatable bonds is 5. The molecule has 4 aromatic rings. The summed E-state index contributed by atoms with van der Waals surface area (Å²) in [7, 11) is 3.31. The Balaban J connectivity index is 1.58. The van der Waals surface area contributed by atoms with Gasteiger partial charge in [-0.15, -0.1) is 5.10 Å². The number of hydrogen-bond acceptors (Lipinski definition) is 6. The van der Waals surface area contributed by atoms with Gasteiger partial charge in [-0.1, -0.05) is 29.5 Å². The Morgan fingerprint density at radius 1 is 1.10 bits per heavy atom. The third-order valence-corrected chi connectivity index (χ3v) is 4.96. The molecule has 0 bridgehead atoms. The Bertz CT molecular complexity index is 1230. The third-order valence-electron chi connectivity index (χ3n) is 4.96. The standard InChI is InChI=1S/C22H22N6O2/c1-14-18-10-5-6-11-19(18)24-20(23-14)13-27(3)22(29)21-15(2)28(26-25-21)16-8-7-9-17(12-16)30-4/h5-12H,13H2,1-4H3. The van der Waals surface area contributed by atoms with E-state index in [0.717, 1.165) is 22.3 Å². The van der Waals surface area contributed by atoms with E-state index >= 15 is 0 Å². The molecule has 0 aliphatic rings. The number of ether oxygens (including phenoxy) is 1. The number of carbonyl (C=O) groups excluding carboxylic acids is 1. The summed E-state index contributed by atoms with van der Waals surface area (Å²) in [4.78, 5) is 23.7. The quantitative estimate of drug-likeness (QED) is 0.510. The Hall–Kier alpha value is -3.81. The molecular weight excluding hydrogens is 380 g/mol. The number of methoxy groups -OCH3 is 1. The molecule has 8 nitrogen and oxygen atoms in total. The Labute approximate surface area is 174 Å². The van der Waals surface area contributed by atoms with Crippen LogP contribution < -0.4 is 4.74 Å². The molecule has 0 saturated carbocycles. The van der Waals surface area contributed by atoms with E-state index in [-0.39, 0.29) is 18.1 Å². The molecular formula is C22H22N6O2. The van der Waals surface area contributed by atoms with E-state index in [9.17, 15) is 4.79 Å². The van der Waals surface area contributed by atoms with Crippen LogP contribution in [0.3, 0.4) is 0 Å². The summed E-state index contributed by atoms with van der Waals surface area (Å²) in [6, 6.07) is 15.3. The zero-order valence-electron chi connectivity index (χ0n) is 17.3. The largest absolute Gasteiger partial charge is 0.497 e. The number of aryl methyl sites for hydroxylation is 1. The maximum Gasteiger partial charge on any atom is 0.276 e. The number of amides is 1. The van der Waals surface area contributed by atoms with Gasteiger partial charge in [0.2, 0.25) is 0 Å². The predicted molar refractivity (Wildman–Crippen MR) is 113 cm³/mol. The van der Waals surface area contributed by atoms with Gasteiger partial charge in [0.1, 0.15) is 11.6 Å². The molecule has 0 spiro atoms. The third kappa shape index (κ3) is 3.59. The number of fused-ring (bicyclic) bond motifs is 1. The van der Waals surface area contributed by atoms with Gasteiger partial charge >= 0.3 is 0 Å². The molecule has 0 atom stereocenters. The first-order valence-corrected chi connectivity index (χ1v) is 9.52. The van der Waals surface area contributed by atoms with Crippen LogP contribution in [-0.2, 0) is 6.54 Å². The van der Waals surface area contributed by atoms with Crippen LogP contribution in [0.1, 0.15) is 27.7 Å². The van der Waals surface area contributed by atoms with Crippen LogP contribution in [0.15, 0.2) is 48.5 Å². The smallest absolute Gasteiger partial charge is 0.276 e. The van der Waals surface area contributed by atoms with Gasteiger partial charge < -0.3 is 9.64 Å². The summed E-state index contributed by atoms with van der Waals surface area (Å²) in [5.74, 6) is 1.05. The summed E-state index contributed by atoms with van der Waals surface area (Å²) in [6.45, 7) is 4.03. The number of carbonyl (C=O) groups is 1. The average Bonchev–Trinajstić information content (AvgIpc) is 3.14. The minimum atomic E-state index is -0.240. The van der Waals surface area contributed by atoms with E-state index in [1.54, 1.807) is 23.7 Å². The number of para-hydroxylation sites is 1. The van der Waals surface area contributed by atoms with Gasteiger partial charge in [0.25, 0.3) is 5.91 Å². The lowest BCUT2D eigenvalue weighted by atomic mass is 10.2. The van der Waals surface area contributed by atoms with Crippen molar-refractivity contribution in [3.05, 3.63) is 71.4 Å². The van der Waals surface area contributed by atoms with Gasteiger partial charge in [-0.05, 0) is 32.0 Å². The molecule has 2 aromatic carbocycles. The molecule has 2 heterocycles. The lowest BCUT2D eigenvalue weighted by Crippen LogP contribution is -2.28. The molecule has 1 amide bonds. The Kier molecular flexibility index (Phi) is 5.14. The second-order valence-electron chi connectivity index (χ2n) is 7.04. The number of benzene rings is 2. The summed E-state index contributed by atoms with van der Waals surface area (Å²) < 4.78 is 6.89. The first kappa shape index (κ1) is 19.5. The molecule has 0 unspecified atom stereocenters. The average molecular weight is 402 g/mol. The number of nitrogens with zero attached hydrogens (tertiary/aromatic N) is 6. The van der Waals surface area contributed by atoms with Crippen LogP contribution in [0, 0.1) is 13.8 Å². The van der Waals surface area contributed by atoms with Gasteiger partial charge in [0.15, 0.2) is 5.69 Å². The van der Waals surface area contributed by atoms with Crippen LogP contribution in [-0.4, -0.2) is 49.9 Å². The fourth-order valence-corrected chi connectivity index (χ4v) is 3.34. The van der Waals surface area contributed by atoms with E-state index in [4.69, 9.17) is 4.74 Å². The van der Waals surface area contributed by atoms with E-state index in [1.165, 1.54) is 0 Å². The van der Waals surface area contributed by atoms with Crippen LogP contribution in [0.4, 0.5) is 0 Å². The van der Waals surface area contributed by atoms with Crippen molar-refractivity contribution >= 4 is 16.8 Å². The van der Waals surface area contributed by atoms with Gasteiger partial charge in [-0.3, -0.25) is 4.79 Å². The van der Waals surface area contributed by atoms with Gasteiger partial charge in [-0.2, -0.15) is 0 Å². The fourth-order valence-electron chi connectivity index (χ4n) is 3.34. The highest BCUT2D eigenvalue weighted by Gasteiger charge is 2.22. The molecule has 30 heavy (non-hydrogen) atoms. The van der Waals surface area contributed by atoms with Crippen molar-refractivity contribution in [2.75, 3.05) is 14.2 Å². The zero-order valence-corrected chi connectivity index (χ0v) is 17.3. The highest BCUT2D eigenvalue weighted by molar-refractivity contribution is 5.93. The second kappa shape index (κ2) is 7.90. The van der Waals surface area contributed by atoms with Crippen molar-refractivity contribution < 1.29 is 9.53 Å². The molecule has 0 radical (unpaired) electrons. The molecule has 4 rings (SSSR count). The van der Waals surface area contributed by atoms with Gasteiger partial charge in [-0.25, -0.2) is 14.6 Å². The molecule has 152 valence electrons. The molecule has 2 aromatic heterocycles. The van der Waals surface area contributed by atoms with Crippen LogP contribution in [0.25, 0.3) is 16.6 Å². The van der Waals surface area contributed by atoms with E-state index in [0.29, 0.717) is 17.3 Å². The van der Waals surface area contributed by atoms with Gasteiger partial charge in [0.05, 0.1) is 30.6 Å². The summed E-state index contributed by atoms with van der Waals surface area (Å²) >= 11 is 0. The topological polar surface area (TPSA) is 86.0 Å². The maximum atomic E-state index is 13.0. The number of hydrogen-bond donors (Lipinski definition) is 0. The molecule has 0 aliphatic heterocycles. The monoisotopic (exact) mass is 402 g/mol. The van der Waals surface area contributed by atoms with Crippen molar-refractivity contribution in [3.63, 3.8) is 0 Å². The highest BCUT2D eigenvalue weighted by atomic mass is 16.5. The second-order valence-corrected chi connectivity index (χ2v) is 7.04. The van der Waals surface area contributed by atoms with Crippen molar-refractivity contribution in [1.82, 2.24) is 29.9 Å². The highest BCUT2D eigenvalue weighted by Crippen LogP contribution is 2.19. The van der Waals surface area contributed by atoms with Crippen molar-refractivity contribution in [2.45, 2.75) is 20.4 Å². The van der Waals surface area contributed by atoms with Crippen LogP contribution in [0.2, 0.25) is 0 Å². The summed E-state index contributed by atoms with van der Waals surface area (Å²) in [5, 5.41) is 9.28. The molecule has 0 N–H and O–H groups in total. The van der Waals surface area contributed by atoms with Gasteiger partial charge in [0, 0.05) is 24.2 Å². The lowest BCUT2D eigenvalue weighted by Gasteiger charge is -2.16. The fraction of sp³-hybridized carbons (Fsp3) is 0.227. The van der Waals surface area contributed by atoms with Crippen LogP contribution >= 0.6 is 0 Å². The van der Waals surface area contributed by atoms with Crippen molar-refractivity contribution in [1.29, 1.82) is 0 Å². The first-order chi connectivity index (χ1) is 14.5. The normalized spacial score (nSPS) is 10.9. The van der Waals surface area contributed by atoms with E-state index in [2.05, 4.69) is 20.3 Å². The molecule has 0 fully saturated rings.